The molecule has 3 N–H and O–H groups in total. The first kappa shape index (κ1) is 20.5. The minimum Gasteiger partial charge on any atom is -0.478 e. The van der Waals surface area contributed by atoms with Crippen LogP contribution >= 0.6 is 0 Å². The quantitative estimate of drug-likeness (QED) is 0.203. The van der Waals surface area contributed by atoms with Gasteiger partial charge in [0.25, 0.3) is 0 Å². The van der Waals surface area contributed by atoms with Crippen molar-refractivity contribution >= 4 is 23.8 Å². The van der Waals surface area contributed by atoms with Gasteiger partial charge >= 0.3 is 11.9 Å². The third kappa shape index (κ3) is 5.18. The number of benzene rings is 3. The Kier molecular flexibility index (Phi) is 6.36. The van der Waals surface area contributed by atoms with E-state index in [1.165, 1.54) is 42.5 Å². The molecule has 0 aliphatic heterocycles. The average Bonchev–Trinajstić information content (AvgIpc) is 2.78. The Balaban J connectivity index is 1.61. The van der Waals surface area contributed by atoms with Crippen LogP contribution in [0.4, 0.5) is 0 Å². The number of ketones is 1. The number of carboxylic acid groups (broad SMARTS) is 1. The number of carbonyl (C=O) groups is 3. The highest BCUT2D eigenvalue weighted by atomic mass is 16.6. The zero-order chi connectivity index (χ0) is 21.5. The Morgan fingerprint density at radius 3 is 1.83 bits per heavy atom. The highest BCUT2D eigenvalue weighted by Gasteiger charge is 2.09. The van der Waals surface area contributed by atoms with Crippen molar-refractivity contribution in [3.05, 3.63) is 101 Å². The molecule has 0 radical (unpaired) electrons. The first-order valence-corrected chi connectivity index (χ1v) is 8.81. The summed E-state index contributed by atoms with van der Waals surface area (Å²) < 4.78 is 5.30. The maximum atomic E-state index is 12.2. The average molecular weight is 403 g/mol. The number of allylic oxidation sites excluding steroid dienone is 1. The minimum absolute atomic E-state index is 0.115. The smallest absolute Gasteiger partial charge is 0.343 e. The van der Waals surface area contributed by atoms with E-state index in [9.17, 15) is 14.4 Å². The fourth-order valence-corrected chi connectivity index (χ4v) is 2.53. The summed E-state index contributed by atoms with van der Waals surface area (Å²) >= 11 is 0. The zero-order valence-corrected chi connectivity index (χ0v) is 15.6. The zero-order valence-electron chi connectivity index (χ0n) is 15.6. The molecule has 0 aliphatic rings. The van der Waals surface area contributed by atoms with Crippen molar-refractivity contribution in [1.82, 2.24) is 0 Å². The van der Waals surface area contributed by atoms with Crippen LogP contribution in [0.2, 0.25) is 0 Å². The first-order valence-electron chi connectivity index (χ1n) is 8.81. The molecule has 0 saturated heterocycles. The molecule has 0 fully saturated rings. The van der Waals surface area contributed by atoms with Crippen molar-refractivity contribution < 1.29 is 29.1 Å². The Bertz CT molecular complexity index is 1080. The normalized spacial score (nSPS) is 10.6. The third-order valence-electron chi connectivity index (χ3n) is 4.16. The third-order valence-corrected chi connectivity index (χ3v) is 4.16. The molecule has 0 aromatic heterocycles. The van der Waals surface area contributed by atoms with Crippen LogP contribution in [0, 0.1) is 0 Å². The van der Waals surface area contributed by atoms with Gasteiger partial charge in [0.05, 0.1) is 11.1 Å². The molecule has 0 atom stereocenters. The van der Waals surface area contributed by atoms with Gasteiger partial charge in [-0.2, -0.15) is 5.90 Å². The molecule has 7 heteroatoms. The molecule has 7 nitrogen and oxygen atoms in total. The molecule has 3 aromatic carbocycles. The van der Waals surface area contributed by atoms with Crippen molar-refractivity contribution in [3.63, 3.8) is 0 Å². The minimum atomic E-state index is -1.05. The lowest BCUT2D eigenvalue weighted by molar-refractivity contribution is 0.0694. The Hall–Kier alpha value is -4.23. The Labute approximate surface area is 171 Å². The van der Waals surface area contributed by atoms with Gasteiger partial charge < -0.3 is 14.7 Å². The molecule has 30 heavy (non-hydrogen) atoms. The van der Waals surface area contributed by atoms with Gasteiger partial charge in [0, 0.05) is 5.56 Å². The number of rotatable bonds is 7. The van der Waals surface area contributed by atoms with Gasteiger partial charge in [0.1, 0.15) is 11.5 Å². The molecule has 0 bridgehead atoms. The van der Waals surface area contributed by atoms with Crippen molar-refractivity contribution in [1.29, 1.82) is 0 Å². The van der Waals surface area contributed by atoms with Crippen LogP contribution in [-0.2, 0) is 0 Å². The van der Waals surface area contributed by atoms with E-state index >= 15 is 0 Å². The number of carbonyl (C=O) groups excluding carboxylic acids is 2. The number of hydrogen-bond donors (Lipinski definition) is 2. The van der Waals surface area contributed by atoms with E-state index in [2.05, 4.69) is 4.84 Å². The lowest BCUT2D eigenvalue weighted by atomic mass is 10.1. The highest BCUT2D eigenvalue weighted by molar-refractivity contribution is 6.07. The molecular weight excluding hydrogens is 386 g/mol. The molecule has 0 unspecified atom stereocenters. The summed E-state index contributed by atoms with van der Waals surface area (Å²) in [6.07, 6.45) is 3.00. The first-order chi connectivity index (χ1) is 14.5. The van der Waals surface area contributed by atoms with Crippen LogP contribution < -0.4 is 15.5 Å². The Morgan fingerprint density at radius 1 is 0.733 bits per heavy atom. The summed E-state index contributed by atoms with van der Waals surface area (Å²) in [4.78, 5) is 39.8. The summed E-state index contributed by atoms with van der Waals surface area (Å²) in [6, 6.07) is 18.5. The lowest BCUT2D eigenvalue weighted by Crippen LogP contribution is -2.08. The molecule has 0 heterocycles. The molecular formula is C23H17NO6. The standard InChI is InChI=1S/C23H17NO6/c24-30-20-12-8-18(9-13-20)23(28)29-19-10-1-15(2-11-19)3-14-21(25)16-4-6-17(7-5-16)22(26)27/h1-14H,24H2,(H,26,27). The molecule has 0 spiro atoms. The molecule has 0 saturated carbocycles. The number of nitrogens with two attached hydrogens (primary N) is 1. The molecule has 0 aliphatic carbocycles. The summed E-state index contributed by atoms with van der Waals surface area (Å²) in [7, 11) is 0. The van der Waals surface area contributed by atoms with E-state index in [-0.39, 0.29) is 11.3 Å². The maximum absolute atomic E-state index is 12.2. The fourth-order valence-electron chi connectivity index (χ4n) is 2.53. The van der Waals surface area contributed by atoms with Crippen molar-refractivity contribution in [3.8, 4) is 11.5 Å². The summed E-state index contributed by atoms with van der Waals surface area (Å²) in [5.41, 5.74) is 1.58. The number of hydrogen-bond acceptors (Lipinski definition) is 6. The fraction of sp³-hybridized carbons (Fsp3) is 0. The number of carboxylic acids is 1. The van der Waals surface area contributed by atoms with Crippen molar-refractivity contribution in [2.75, 3.05) is 0 Å². The van der Waals surface area contributed by atoms with Gasteiger partial charge in [-0.05, 0) is 60.2 Å². The number of aromatic carboxylic acids is 1. The van der Waals surface area contributed by atoms with E-state index in [1.807, 2.05) is 0 Å². The van der Waals surface area contributed by atoms with Crippen molar-refractivity contribution in [2.24, 2.45) is 5.90 Å². The second-order valence-electron chi connectivity index (χ2n) is 6.18. The van der Waals surface area contributed by atoms with Crippen LogP contribution in [0.5, 0.6) is 11.5 Å². The molecule has 0 amide bonds. The number of esters is 1. The molecule has 3 aromatic rings. The van der Waals surface area contributed by atoms with E-state index in [0.717, 1.165) is 5.56 Å². The predicted octanol–water partition coefficient (Wildman–Crippen LogP) is 3.75. The van der Waals surface area contributed by atoms with Crippen molar-refractivity contribution in [2.45, 2.75) is 0 Å². The summed E-state index contributed by atoms with van der Waals surface area (Å²) in [5.74, 6) is 3.99. The SMILES string of the molecule is NOc1ccc(C(=O)Oc2ccc(C=CC(=O)c3ccc(C(=O)O)cc3)cc2)cc1. The second-order valence-corrected chi connectivity index (χ2v) is 6.18. The van der Waals surface area contributed by atoms with Gasteiger partial charge in [0.15, 0.2) is 5.78 Å². The summed E-state index contributed by atoms with van der Waals surface area (Å²) in [5, 5.41) is 8.89. The van der Waals surface area contributed by atoms with Crippen LogP contribution in [0.25, 0.3) is 6.08 Å². The van der Waals surface area contributed by atoms with E-state index in [4.69, 9.17) is 15.7 Å². The lowest BCUT2D eigenvalue weighted by Gasteiger charge is -2.05. The predicted molar refractivity (Wildman–Crippen MR) is 109 cm³/mol. The second kappa shape index (κ2) is 9.31. The van der Waals surface area contributed by atoms with E-state index < -0.39 is 11.9 Å². The van der Waals surface area contributed by atoms with Gasteiger partial charge in [-0.15, -0.1) is 0 Å². The molecule has 3 rings (SSSR count). The monoisotopic (exact) mass is 403 g/mol. The van der Waals surface area contributed by atoms with Gasteiger partial charge in [0.2, 0.25) is 0 Å². The van der Waals surface area contributed by atoms with Gasteiger partial charge in [-0.1, -0.05) is 30.3 Å². The largest absolute Gasteiger partial charge is 0.478 e. The number of ether oxygens (including phenoxy) is 1. The molecule has 150 valence electrons. The highest BCUT2D eigenvalue weighted by Crippen LogP contribution is 2.17. The van der Waals surface area contributed by atoms with E-state index in [0.29, 0.717) is 22.6 Å². The Morgan fingerprint density at radius 2 is 1.27 bits per heavy atom. The van der Waals surface area contributed by atoms with Crippen LogP contribution in [0.15, 0.2) is 78.9 Å². The van der Waals surface area contributed by atoms with Crippen LogP contribution in [0.3, 0.4) is 0 Å². The van der Waals surface area contributed by atoms with Gasteiger partial charge in [-0.25, -0.2) is 9.59 Å². The van der Waals surface area contributed by atoms with E-state index in [1.54, 1.807) is 42.5 Å². The summed E-state index contributed by atoms with van der Waals surface area (Å²) in [6.45, 7) is 0. The maximum Gasteiger partial charge on any atom is 0.343 e. The van der Waals surface area contributed by atoms with Crippen LogP contribution in [0.1, 0.15) is 36.6 Å². The topological polar surface area (TPSA) is 116 Å². The van der Waals surface area contributed by atoms with Crippen LogP contribution in [-0.4, -0.2) is 22.8 Å². The van der Waals surface area contributed by atoms with Gasteiger partial charge in [-0.3, -0.25) is 4.79 Å².